The Labute approximate surface area is 138 Å². The molecule has 24 heavy (non-hydrogen) atoms. The number of sulfonamides is 1. The van der Waals surface area contributed by atoms with Gasteiger partial charge in [0, 0.05) is 13.1 Å². The van der Waals surface area contributed by atoms with Gasteiger partial charge in [0.25, 0.3) is 0 Å². The van der Waals surface area contributed by atoms with Crippen molar-refractivity contribution >= 4 is 27.0 Å². The first-order valence-electron chi connectivity index (χ1n) is 7.80. The Bertz CT molecular complexity index is 915. The number of piperidine rings is 1. The van der Waals surface area contributed by atoms with E-state index in [2.05, 4.69) is 9.97 Å². The number of hydrogen-bond acceptors (Lipinski definition) is 5. The molecule has 2 aromatic rings. The number of carbonyl (C=O) groups is 1. The molecule has 1 aromatic carbocycles. The number of nitrogens with zero attached hydrogens (tertiary/aromatic N) is 1. The molecule has 1 atom stereocenters. The van der Waals surface area contributed by atoms with E-state index in [-0.39, 0.29) is 29.7 Å². The lowest BCUT2D eigenvalue weighted by atomic mass is 10.0. The Kier molecular flexibility index (Phi) is 4.46. The zero-order chi connectivity index (χ0) is 17.3. The third kappa shape index (κ3) is 3.09. The Morgan fingerprint density at radius 1 is 1.33 bits per heavy atom. The summed E-state index contributed by atoms with van der Waals surface area (Å²) in [7, 11) is -3.74. The molecule has 3 rings (SSSR count). The molecule has 1 aliphatic rings. The smallest absolute Gasteiger partial charge is 0.323 e. The van der Waals surface area contributed by atoms with E-state index >= 15 is 0 Å². The number of fused-ring (bicyclic) bond motifs is 1. The summed E-state index contributed by atoms with van der Waals surface area (Å²) < 4.78 is 32.0. The van der Waals surface area contributed by atoms with E-state index in [4.69, 9.17) is 4.74 Å². The summed E-state index contributed by atoms with van der Waals surface area (Å²) in [6.07, 6.45) is 1.22. The molecule has 2 N–H and O–H groups in total. The van der Waals surface area contributed by atoms with Crippen LogP contribution in [0.15, 0.2) is 27.9 Å². The highest BCUT2D eigenvalue weighted by Crippen LogP contribution is 2.25. The average molecular weight is 353 g/mol. The number of H-pyrrole nitrogens is 2. The van der Waals surface area contributed by atoms with E-state index < -0.39 is 15.9 Å². The first-order chi connectivity index (χ1) is 11.4. The SMILES string of the molecule is CCOC(=O)[C@H]1CCCN(S(=O)(=O)c2ccc3[nH]c(=O)[nH]c3c2)C1. The van der Waals surface area contributed by atoms with Crippen LogP contribution in [0.25, 0.3) is 11.0 Å². The fourth-order valence-electron chi connectivity index (χ4n) is 2.93. The second kappa shape index (κ2) is 6.40. The highest BCUT2D eigenvalue weighted by atomic mass is 32.2. The number of nitrogens with one attached hydrogen (secondary N) is 2. The molecule has 0 radical (unpaired) electrons. The van der Waals surface area contributed by atoms with Crippen LogP contribution < -0.4 is 5.69 Å². The zero-order valence-corrected chi connectivity index (χ0v) is 14.1. The van der Waals surface area contributed by atoms with Gasteiger partial charge >= 0.3 is 11.7 Å². The van der Waals surface area contributed by atoms with Crippen molar-refractivity contribution < 1.29 is 17.9 Å². The molecule has 2 heterocycles. The van der Waals surface area contributed by atoms with Gasteiger partial charge in [0.2, 0.25) is 10.0 Å². The van der Waals surface area contributed by atoms with Gasteiger partial charge in [0.05, 0.1) is 28.5 Å². The highest BCUT2D eigenvalue weighted by molar-refractivity contribution is 7.89. The molecule has 9 heteroatoms. The van der Waals surface area contributed by atoms with E-state index in [0.29, 0.717) is 30.4 Å². The average Bonchev–Trinajstić information content (AvgIpc) is 2.94. The Hall–Kier alpha value is -2.13. The molecule has 0 saturated carbocycles. The normalized spacial score (nSPS) is 19.5. The quantitative estimate of drug-likeness (QED) is 0.790. The van der Waals surface area contributed by atoms with Crippen LogP contribution in [0.4, 0.5) is 0 Å². The lowest BCUT2D eigenvalue weighted by Gasteiger charge is -2.30. The number of aromatic nitrogens is 2. The molecule has 1 saturated heterocycles. The molecule has 0 unspecified atom stereocenters. The van der Waals surface area contributed by atoms with Crippen LogP contribution in [0.1, 0.15) is 19.8 Å². The van der Waals surface area contributed by atoms with Crippen LogP contribution in [0.2, 0.25) is 0 Å². The maximum absolute atomic E-state index is 12.8. The molecule has 1 aromatic heterocycles. The van der Waals surface area contributed by atoms with Crippen molar-refractivity contribution in [1.29, 1.82) is 0 Å². The second-order valence-corrected chi connectivity index (χ2v) is 7.68. The minimum absolute atomic E-state index is 0.0924. The van der Waals surface area contributed by atoms with Crippen molar-refractivity contribution in [3.05, 3.63) is 28.7 Å². The molecule has 130 valence electrons. The minimum Gasteiger partial charge on any atom is -0.466 e. The van der Waals surface area contributed by atoms with Gasteiger partial charge in [-0.3, -0.25) is 4.79 Å². The Balaban J connectivity index is 1.87. The van der Waals surface area contributed by atoms with E-state index in [1.165, 1.54) is 16.4 Å². The van der Waals surface area contributed by atoms with Crippen LogP contribution in [0.3, 0.4) is 0 Å². The van der Waals surface area contributed by atoms with Gasteiger partial charge in [-0.15, -0.1) is 0 Å². The topological polar surface area (TPSA) is 112 Å². The number of benzene rings is 1. The fraction of sp³-hybridized carbons (Fsp3) is 0.467. The van der Waals surface area contributed by atoms with Crippen LogP contribution in [0, 0.1) is 5.92 Å². The first kappa shape index (κ1) is 16.7. The van der Waals surface area contributed by atoms with E-state index in [1.807, 2.05) is 0 Å². The van der Waals surface area contributed by atoms with Crippen molar-refractivity contribution in [2.24, 2.45) is 5.92 Å². The van der Waals surface area contributed by atoms with Crippen molar-refractivity contribution in [2.45, 2.75) is 24.7 Å². The van der Waals surface area contributed by atoms with Crippen LogP contribution in [-0.4, -0.2) is 48.4 Å². The van der Waals surface area contributed by atoms with Crippen LogP contribution >= 0.6 is 0 Å². The molecular formula is C15H19N3O5S. The summed E-state index contributed by atoms with van der Waals surface area (Å²) in [5, 5.41) is 0. The van der Waals surface area contributed by atoms with Gasteiger partial charge in [0.1, 0.15) is 0 Å². The van der Waals surface area contributed by atoms with Gasteiger partial charge in [0.15, 0.2) is 0 Å². The van der Waals surface area contributed by atoms with E-state index in [1.54, 1.807) is 13.0 Å². The molecule has 1 aliphatic heterocycles. The standard InChI is InChI=1S/C15H19N3O5S/c1-2-23-14(19)10-4-3-7-18(9-10)24(21,22)11-5-6-12-13(8-11)17-15(20)16-12/h5-6,8,10H,2-4,7,9H2,1H3,(H2,16,17,20)/t10-/m0/s1. The number of esters is 1. The predicted octanol–water partition coefficient (Wildman–Crippen LogP) is 0.820. The number of carbonyl (C=O) groups excluding carboxylic acids is 1. The van der Waals surface area contributed by atoms with Crippen molar-refractivity contribution in [3.8, 4) is 0 Å². The minimum atomic E-state index is -3.74. The van der Waals surface area contributed by atoms with Gasteiger partial charge < -0.3 is 14.7 Å². The fourth-order valence-corrected chi connectivity index (χ4v) is 4.48. The maximum atomic E-state index is 12.8. The lowest BCUT2D eigenvalue weighted by Crippen LogP contribution is -2.42. The van der Waals surface area contributed by atoms with Gasteiger partial charge in [-0.1, -0.05) is 0 Å². The summed E-state index contributed by atoms with van der Waals surface area (Å²) in [4.78, 5) is 28.4. The summed E-state index contributed by atoms with van der Waals surface area (Å²) in [5.41, 5.74) is 0.585. The Morgan fingerprint density at radius 2 is 2.08 bits per heavy atom. The number of aromatic amines is 2. The van der Waals surface area contributed by atoms with Crippen LogP contribution in [-0.2, 0) is 19.6 Å². The van der Waals surface area contributed by atoms with Crippen molar-refractivity contribution in [1.82, 2.24) is 14.3 Å². The van der Waals surface area contributed by atoms with Gasteiger partial charge in [-0.05, 0) is 38.0 Å². The molecule has 0 bridgehead atoms. The summed E-state index contributed by atoms with van der Waals surface area (Å²) in [6, 6.07) is 4.43. The lowest BCUT2D eigenvalue weighted by molar-refractivity contribution is -0.149. The largest absolute Gasteiger partial charge is 0.466 e. The highest BCUT2D eigenvalue weighted by Gasteiger charge is 2.34. The first-order valence-corrected chi connectivity index (χ1v) is 9.24. The number of rotatable bonds is 4. The summed E-state index contributed by atoms with van der Waals surface area (Å²) in [5.74, 6) is -0.799. The number of ether oxygens (including phenoxy) is 1. The van der Waals surface area contributed by atoms with Gasteiger partial charge in [-0.2, -0.15) is 4.31 Å². The van der Waals surface area contributed by atoms with Crippen LogP contribution in [0.5, 0.6) is 0 Å². The van der Waals surface area contributed by atoms with Crippen molar-refractivity contribution in [2.75, 3.05) is 19.7 Å². The Morgan fingerprint density at radius 3 is 2.83 bits per heavy atom. The zero-order valence-electron chi connectivity index (χ0n) is 13.2. The molecule has 1 fully saturated rings. The summed E-state index contributed by atoms with van der Waals surface area (Å²) in [6.45, 7) is 2.48. The van der Waals surface area contributed by atoms with E-state index in [0.717, 1.165) is 0 Å². The molecule has 0 spiro atoms. The summed E-state index contributed by atoms with van der Waals surface area (Å²) >= 11 is 0. The molecule has 0 amide bonds. The number of hydrogen-bond donors (Lipinski definition) is 2. The maximum Gasteiger partial charge on any atom is 0.323 e. The third-order valence-corrected chi connectivity index (χ3v) is 5.99. The second-order valence-electron chi connectivity index (χ2n) is 5.74. The molecular weight excluding hydrogens is 334 g/mol. The number of imidazole rings is 1. The molecule has 8 nitrogen and oxygen atoms in total. The molecule has 0 aliphatic carbocycles. The predicted molar refractivity (Wildman–Crippen MR) is 87.0 cm³/mol. The van der Waals surface area contributed by atoms with Gasteiger partial charge in [-0.25, -0.2) is 13.2 Å². The monoisotopic (exact) mass is 353 g/mol. The third-order valence-electron chi connectivity index (χ3n) is 4.13. The van der Waals surface area contributed by atoms with E-state index in [9.17, 15) is 18.0 Å². The van der Waals surface area contributed by atoms with Crippen molar-refractivity contribution in [3.63, 3.8) is 0 Å².